The maximum absolute atomic E-state index is 15.2. The lowest BCUT2D eigenvalue weighted by atomic mass is 10.00. The van der Waals surface area contributed by atoms with Crippen molar-refractivity contribution in [2.75, 3.05) is 18.0 Å². The van der Waals surface area contributed by atoms with Gasteiger partial charge in [0.25, 0.3) is 0 Å². The van der Waals surface area contributed by atoms with Gasteiger partial charge in [-0.05, 0) is 25.3 Å². The van der Waals surface area contributed by atoms with Crippen molar-refractivity contribution >= 4 is 22.6 Å². The molecule has 1 aromatic carbocycles. The standard InChI is InChI=1S/C17H17F2N3O3/c18-12-5-10-14(13(19)15(12)21-4-3-9(21)6-20)22(8-1-2-8)7-11(16(10)23)17(24)25/h5,7-9H,1-4,6,20H2,(H,24,25)/t9-/m0/s1. The van der Waals surface area contributed by atoms with Crippen LogP contribution in [0.25, 0.3) is 10.9 Å². The van der Waals surface area contributed by atoms with Crippen LogP contribution < -0.4 is 16.1 Å². The third-order valence-electron chi connectivity index (χ3n) is 5.06. The van der Waals surface area contributed by atoms with Gasteiger partial charge in [0, 0.05) is 31.4 Å². The quantitative estimate of drug-likeness (QED) is 0.879. The van der Waals surface area contributed by atoms with E-state index in [2.05, 4.69) is 0 Å². The molecular formula is C17H17F2N3O3. The second kappa shape index (κ2) is 5.52. The maximum Gasteiger partial charge on any atom is 0.341 e. The van der Waals surface area contributed by atoms with E-state index >= 15 is 4.39 Å². The number of halogens is 2. The van der Waals surface area contributed by atoms with E-state index in [0.717, 1.165) is 25.3 Å². The highest BCUT2D eigenvalue weighted by molar-refractivity contribution is 5.94. The molecule has 0 spiro atoms. The third-order valence-corrected chi connectivity index (χ3v) is 5.06. The van der Waals surface area contributed by atoms with Crippen molar-refractivity contribution in [2.24, 2.45) is 5.73 Å². The fourth-order valence-corrected chi connectivity index (χ4v) is 3.47. The summed E-state index contributed by atoms with van der Waals surface area (Å²) in [5, 5.41) is 8.98. The van der Waals surface area contributed by atoms with Gasteiger partial charge in [0.1, 0.15) is 17.1 Å². The smallest absolute Gasteiger partial charge is 0.341 e. The SMILES string of the molecule is NC[C@@H]1CCN1c1c(F)cc2c(=O)c(C(=O)O)cn(C3CC3)c2c1F. The molecule has 2 fully saturated rings. The van der Waals surface area contributed by atoms with Crippen LogP contribution >= 0.6 is 0 Å². The summed E-state index contributed by atoms with van der Waals surface area (Å²) < 4.78 is 31.3. The number of carbonyl (C=O) groups is 1. The molecule has 0 radical (unpaired) electrons. The van der Waals surface area contributed by atoms with Crippen molar-refractivity contribution in [2.45, 2.75) is 31.3 Å². The van der Waals surface area contributed by atoms with E-state index in [1.807, 2.05) is 0 Å². The summed E-state index contributed by atoms with van der Waals surface area (Å²) in [4.78, 5) is 25.3. The van der Waals surface area contributed by atoms with Crippen molar-refractivity contribution in [1.82, 2.24) is 4.57 Å². The van der Waals surface area contributed by atoms with Crippen molar-refractivity contribution in [3.8, 4) is 0 Å². The number of hydrogen-bond acceptors (Lipinski definition) is 4. The highest BCUT2D eigenvalue weighted by atomic mass is 19.1. The summed E-state index contributed by atoms with van der Waals surface area (Å²) in [6.45, 7) is 0.770. The Hall–Kier alpha value is -2.48. The zero-order valence-corrected chi connectivity index (χ0v) is 13.3. The predicted molar refractivity (Wildman–Crippen MR) is 88.2 cm³/mol. The van der Waals surface area contributed by atoms with Gasteiger partial charge in [0.15, 0.2) is 5.82 Å². The Kier molecular flexibility index (Phi) is 3.54. The number of aromatic nitrogens is 1. The minimum absolute atomic E-state index is 0.0310. The Labute approximate surface area is 141 Å². The van der Waals surface area contributed by atoms with Crippen LogP contribution in [-0.4, -0.2) is 34.8 Å². The van der Waals surface area contributed by atoms with Crippen LogP contribution in [0.2, 0.25) is 0 Å². The molecule has 1 aliphatic carbocycles. The van der Waals surface area contributed by atoms with E-state index in [4.69, 9.17) is 5.73 Å². The van der Waals surface area contributed by atoms with Gasteiger partial charge >= 0.3 is 5.97 Å². The molecule has 2 heterocycles. The van der Waals surface area contributed by atoms with Gasteiger partial charge in [-0.2, -0.15) is 0 Å². The van der Waals surface area contributed by atoms with E-state index in [1.165, 1.54) is 10.8 Å². The molecule has 1 saturated carbocycles. The Morgan fingerprint density at radius 1 is 1.32 bits per heavy atom. The van der Waals surface area contributed by atoms with Gasteiger partial charge in [0.05, 0.1) is 10.9 Å². The van der Waals surface area contributed by atoms with Gasteiger partial charge in [-0.1, -0.05) is 0 Å². The fraction of sp³-hybridized carbons (Fsp3) is 0.412. The monoisotopic (exact) mass is 349 g/mol. The summed E-state index contributed by atoms with van der Waals surface area (Å²) in [5.74, 6) is -3.10. The topological polar surface area (TPSA) is 88.6 Å². The molecule has 0 amide bonds. The Balaban J connectivity index is 2.03. The number of aromatic carboxylic acids is 1. The first kappa shape index (κ1) is 16.0. The zero-order valence-electron chi connectivity index (χ0n) is 13.3. The van der Waals surface area contributed by atoms with E-state index in [0.29, 0.717) is 6.54 Å². The second-order valence-electron chi connectivity index (χ2n) is 6.60. The van der Waals surface area contributed by atoms with Crippen LogP contribution in [0.5, 0.6) is 0 Å². The molecule has 0 bridgehead atoms. The minimum atomic E-state index is -1.41. The third kappa shape index (κ3) is 2.31. The van der Waals surface area contributed by atoms with Crippen molar-refractivity contribution < 1.29 is 18.7 Å². The number of rotatable bonds is 4. The average molecular weight is 349 g/mol. The number of carboxylic acid groups (broad SMARTS) is 1. The number of fused-ring (bicyclic) bond motifs is 1. The number of nitrogens with two attached hydrogens (primary N) is 1. The second-order valence-corrected chi connectivity index (χ2v) is 6.60. The van der Waals surface area contributed by atoms with E-state index < -0.39 is 28.6 Å². The predicted octanol–water partition coefficient (Wildman–Crippen LogP) is 1.85. The van der Waals surface area contributed by atoms with Gasteiger partial charge in [-0.3, -0.25) is 4.79 Å². The van der Waals surface area contributed by atoms with E-state index in [-0.39, 0.29) is 35.2 Å². The molecule has 1 aliphatic heterocycles. The van der Waals surface area contributed by atoms with E-state index in [9.17, 15) is 19.1 Å². The van der Waals surface area contributed by atoms with Crippen LogP contribution in [0.15, 0.2) is 17.1 Å². The van der Waals surface area contributed by atoms with Gasteiger partial charge < -0.3 is 20.3 Å². The molecule has 25 heavy (non-hydrogen) atoms. The summed E-state index contributed by atoms with van der Waals surface area (Å²) >= 11 is 0. The first-order valence-electron chi connectivity index (χ1n) is 8.21. The van der Waals surface area contributed by atoms with Crippen LogP contribution in [0, 0.1) is 11.6 Å². The number of pyridine rings is 1. The molecule has 1 aromatic heterocycles. The van der Waals surface area contributed by atoms with Gasteiger partial charge in [-0.25, -0.2) is 13.6 Å². The number of anilines is 1. The highest BCUT2D eigenvalue weighted by Gasteiger charge is 2.35. The highest BCUT2D eigenvalue weighted by Crippen LogP contribution is 2.40. The van der Waals surface area contributed by atoms with Crippen LogP contribution in [-0.2, 0) is 0 Å². The lowest BCUT2D eigenvalue weighted by Gasteiger charge is -2.42. The first-order chi connectivity index (χ1) is 11.9. The molecule has 2 aliphatic rings. The lowest BCUT2D eigenvalue weighted by molar-refractivity contribution is 0.0695. The fourth-order valence-electron chi connectivity index (χ4n) is 3.47. The largest absolute Gasteiger partial charge is 0.477 e. The van der Waals surface area contributed by atoms with Crippen molar-refractivity contribution in [1.29, 1.82) is 0 Å². The van der Waals surface area contributed by atoms with Crippen LogP contribution in [0.1, 0.15) is 35.7 Å². The number of hydrogen-bond donors (Lipinski definition) is 2. The summed E-state index contributed by atoms with van der Waals surface area (Å²) in [5.41, 5.74) is 4.06. The molecule has 8 heteroatoms. The number of carboxylic acids is 1. The van der Waals surface area contributed by atoms with Crippen molar-refractivity contribution in [3.63, 3.8) is 0 Å². The molecule has 1 atom stereocenters. The molecule has 0 unspecified atom stereocenters. The number of nitrogens with zero attached hydrogens (tertiary/aromatic N) is 2. The summed E-state index contributed by atoms with van der Waals surface area (Å²) in [7, 11) is 0. The lowest BCUT2D eigenvalue weighted by Crippen LogP contribution is -2.52. The normalized spacial score (nSPS) is 20.0. The molecule has 1 saturated heterocycles. The Morgan fingerprint density at radius 2 is 2.04 bits per heavy atom. The molecule has 132 valence electrons. The summed E-state index contributed by atoms with van der Waals surface area (Å²) in [6.07, 6.45) is 3.45. The van der Waals surface area contributed by atoms with Gasteiger partial charge in [0.2, 0.25) is 5.43 Å². The maximum atomic E-state index is 15.2. The van der Waals surface area contributed by atoms with E-state index in [1.54, 1.807) is 4.90 Å². The number of benzene rings is 1. The first-order valence-corrected chi connectivity index (χ1v) is 8.21. The van der Waals surface area contributed by atoms with Crippen LogP contribution in [0.4, 0.5) is 14.5 Å². The molecule has 4 rings (SSSR count). The molecule has 2 aromatic rings. The van der Waals surface area contributed by atoms with Gasteiger partial charge in [-0.15, -0.1) is 0 Å². The zero-order chi connectivity index (χ0) is 17.9. The average Bonchev–Trinajstić information content (AvgIpc) is 3.36. The Morgan fingerprint density at radius 3 is 2.56 bits per heavy atom. The Bertz CT molecular complexity index is 951. The molecule has 3 N–H and O–H groups in total. The minimum Gasteiger partial charge on any atom is -0.477 e. The van der Waals surface area contributed by atoms with Crippen LogP contribution in [0.3, 0.4) is 0 Å². The summed E-state index contributed by atoms with van der Waals surface area (Å²) in [6, 6.07) is 0.740. The van der Waals surface area contributed by atoms with Crippen molar-refractivity contribution in [3.05, 3.63) is 39.7 Å². The molecular weight excluding hydrogens is 332 g/mol. The molecule has 6 nitrogen and oxygen atoms in total.